The summed E-state index contributed by atoms with van der Waals surface area (Å²) in [7, 11) is -3.02. The fourth-order valence-electron chi connectivity index (χ4n) is 1.44. The van der Waals surface area contributed by atoms with E-state index in [1.54, 1.807) is 26.0 Å². The highest BCUT2D eigenvalue weighted by Crippen LogP contribution is 2.36. The van der Waals surface area contributed by atoms with E-state index in [0.29, 0.717) is 20.2 Å². The third-order valence-corrected chi connectivity index (χ3v) is 6.04. The number of sulfone groups is 1. The van der Waals surface area contributed by atoms with Gasteiger partial charge in [-0.3, -0.25) is 0 Å². The van der Waals surface area contributed by atoms with Crippen LogP contribution >= 0.6 is 39.1 Å². The van der Waals surface area contributed by atoms with Crippen molar-refractivity contribution in [1.82, 2.24) is 0 Å². The van der Waals surface area contributed by atoms with Crippen LogP contribution in [0.25, 0.3) is 0 Å². The van der Waals surface area contributed by atoms with Crippen molar-refractivity contribution < 1.29 is 8.42 Å². The highest BCUT2D eigenvalue weighted by molar-refractivity contribution is 9.10. The summed E-state index contributed by atoms with van der Waals surface area (Å²) in [5.74, 6) is 0.196. The second-order valence-corrected chi connectivity index (χ2v) is 7.98. The maximum atomic E-state index is 11.5. The van der Waals surface area contributed by atoms with Crippen LogP contribution in [0.3, 0.4) is 0 Å². The number of nitrogens with one attached hydrogen (secondary N) is 1. The van der Waals surface area contributed by atoms with Gasteiger partial charge in [-0.05, 0) is 35.0 Å². The lowest BCUT2D eigenvalue weighted by Crippen LogP contribution is -2.26. The van der Waals surface area contributed by atoms with E-state index >= 15 is 0 Å². The Balaban J connectivity index is 2.83. The fraction of sp³-hybridized carbons (Fsp3) is 0.455. The molecule has 0 aromatic heterocycles. The molecule has 3 nitrogen and oxygen atoms in total. The first-order valence-corrected chi connectivity index (χ1v) is 8.74. The molecule has 0 spiro atoms. The van der Waals surface area contributed by atoms with E-state index in [9.17, 15) is 8.42 Å². The predicted molar refractivity (Wildman–Crippen MR) is 81.6 cm³/mol. The van der Waals surface area contributed by atoms with Crippen LogP contribution in [-0.2, 0) is 9.84 Å². The molecular weight excluding hydrogens is 361 g/mol. The standard InChI is InChI=1S/C11H14BrCl2NO2S/c1-3-18(16,17)6-7(2)15-9-5-4-8(12)10(13)11(9)14/h4-5,7,15H,3,6H2,1-2H3. The van der Waals surface area contributed by atoms with Gasteiger partial charge in [0.05, 0.1) is 21.5 Å². The lowest BCUT2D eigenvalue weighted by atomic mass is 10.3. The lowest BCUT2D eigenvalue weighted by Gasteiger charge is -2.17. The zero-order valence-electron chi connectivity index (χ0n) is 10.0. The molecule has 0 aliphatic rings. The molecule has 1 rings (SSSR count). The average molecular weight is 375 g/mol. The molecule has 0 aliphatic carbocycles. The highest BCUT2D eigenvalue weighted by Gasteiger charge is 2.15. The van der Waals surface area contributed by atoms with Gasteiger partial charge in [0.1, 0.15) is 0 Å². The Labute approximate surface area is 126 Å². The van der Waals surface area contributed by atoms with Gasteiger partial charge in [0.2, 0.25) is 0 Å². The summed E-state index contributed by atoms with van der Waals surface area (Å²) in [6, 6.07) is 3.29. The van der Waals surface area contributed by atoms with Crippen molar-refractivity contribution in [2.24, 2.45) is 0 Å². The minimum absolute atomic E-state index is 0.0630. The van der Waals surface area contributed by atoms with Gasteiger partial charge in [0, 0.05) is 16.3 Å². The second-order valence-electron chi connectivity index (χ2n) is 3.97. The van der Waals surface area contributed by atoms with Crippen molar-refractivity contribution >= 4 is 54.7 Å². The number of halogens is 3. The average Bonchev–Trinajstić information content (AvgIpc) is 2.29. The Morgan fingerprint density at radius 2 is 1.94 bits per heavy atom. The Hall–Kier alpha value is 0.0300. The van der Waals surface area contributed by atoms with Gasteiger partial charge in [-0.1, -0.05) is 30.1 Å². The fourth-order valence-corrected chi connectivity index (χ4v) is 3.35. The summed E-state index contributed by atoms with van der Waals surface area (Å²) in [5.41, 5.74) is 0.628. The van der Waals surface area contributed by atoms with Crippen LogP contribution in [-0.4, -0.2) is 26.0 Å². The molecule has 0 heterocycles. The van der Waals surface area contributed by atoms with Crippen LogP contribution in [0.15, 0.2) is 16.6 Å². The van der Waals surface area contributed by atoms with Crippen LogP contribution in [0, 0.1) is 0 Å². The SMILES string of the molecule is CCS(=O)(=O)CC(C)Nc1ccc(Br)c(Cl)c1Cl. The van der Waals surface area contributed by atoms with Crippen LogP contribution in [0.2, 0.25) is 10.0 Å². The summed E-state index contributed by atoms with van der Waals surface area (Å²) in [5, 5.41) is 3.84. The Bertz CT molecular complexity index is 534. The molecule has 1 aromatic carbocycles. The van der Waals surface area contributed by atoms with Crippen molar-refractivity contribution in [3.05, 3.63) is 26.7 Å². The van der Waals surface area contributed by atoms with Crippen molar-refractivity contribution in [3.63, 3.8) is 0 Å². The predicted octanol–water partition coefficient (Wildman–Crippen LogP) is 3.99. The molecule has 0 amide bonds. The van der Waals surface area contributed by atoms with Gasteiger partial charge in [-0.15, -0.1) is 0 Å². The molecule has 18 heavy (non-hydrogen) atoms. The number of hydrogen-bond acceptors (Lipinski definition) is 3. The quantitative estimate of drug-likeness (QED) is 0.792. The molecule has 1 unspecified atom stereocenters. The minimum atomic E-state index is -3.02. The van der Waals surface area contributed by atoms with Crippen LogP contribution < -0.4 is 5.32 Å². The minimum Gasteiger partial charge on any atom is -0.380 e. The second kappa shape index (κ2) is 6.46. The van der Waals surface area contributed by atoms with E-state index in [0.717, 1.165) is 0 Å². The van der Waals surface area contributed by atoms with Crippen LogP contribution in [0.1, 0.15) is 13.8 Å². The van der Waals surface area contributed by atoms with E-state index < -0.39 is 9.84 Å². The molecule has 7 heteroatoms. The van der Waals surface area contributed by atoms with E-state index in [2.05, 4.69) is 21.2 Å². The van der Waals surface area contributed by atoms with E-state index in [1.807, 2.05) is 0 Å². The summed E-state index contributed by atoms with van der Waals surface area (Å²) < 4.78 is 23.7. The molecule has 0 saturated carbocycles. The molecule has 1 N–H and O–H groups in total. The van der Waals surface area contributed by atoms with Crippen molar-refractivity contribution in [2.75, 3.05) is 16.8 Å². The Morgan fingerprint density at radius 3 is 2.50 bits per heavy atom. The van der Waals surface area contributed by atoms with Gasteiger partial charge in [-0.25, -0.2) is 8.42 Å². The molecule has 0 fully saturated rings. The monoisotopic (exact) mass is 373 g/mol. The molecular formula is C11H14BrCl2NO2S. The topological polar surface area (TPSA) is 46.2 Å². The molecule has 0 saturated heterocycles. The first kappa shape index (κ1) is 16.1. The van der Waals surface area contributed by atoms with Gasteiger partial charge in [0.25, 0.3) is 0 Å². The highest BCUT2D eigenvalue weighted by atomic mass is 79.9. The number of hydrogen-bond donors (Lipinski definition) is 1. The van der Waals surface area contributed by atoms with Gasteiger partial charge >= 0.3 is 0 Å². The van der Waals surface area contributed by atoms with E-state index in [-0.39, 0.29) is 17.5 Å². The molecule has 0 bridgehead atoms. The Morgan fingerprint density at radius 1 is 1.33 bits per heavy atom. The van der Waals surface area contributed by atoms with Crippen LogP contribution in [0.4, 0.5) is 5.69 Å². The third kappa shape index (κ3) is 4.30. The number of rotatable bonds is 5. The number of anilines is 1. The maximum absolute atomic E-state index is 11.5. The summed E-state index contributed by atoms with van der Waals surface area (Å²) in [6.07, 6.45) is 0. The summed E-state index contributed by atoms with van der Waals surface area (Å²) >= 11 is 15.3. The lowest BCUT2D eigenvalue weighted by molar-refractivity contribution is 0.593. The normalized spacial score (nSPS) is 13.4. The molecule has 1 atom stereocenters. The molecule has 0 radical (unpaired) electrons. The zero-order valence-corrected chi connectivity index (χ0v) is 13.9. The molecule has 0 aliphatic heterocycles. The van der Waals surface area contributed by atoms with Crippen molar-refractivity contribution in [3.8, 4) is 0 Å². The zero-order chi connectivity index (χ0) is 13.9. The van der Waals surface area contributed by atoms with Gasteiger partial charge in [-0.2, -0.15) is 0 Å². The summed E-state index contributed by atoms with van der Waals surface area (Å²) in [6.45, 7) is 3.42. The maximum Gasteiger partial charge on any atom is 0.152 e. The first-order valence-electron chi connectivity index (χ1n) is 5.37. The van der Waals surface area contributed by atoms with Crippen LogP contribution in [0.5, 0.6) is 0 Å². The Kier molecular flexibility index (Phi) is 5.77. The van der Waals surface area contributed by atoms with Crippen molar-refractivity contribution in [2.45, 2.75) is 19.9 Å². The largest absolute Gasteiger partial charge is 0.380 e. The third-order valence-electron chi connectivity index (χ3n) is 2.38. The summed E-state index contributed by atoms with van der Waals surface area (Å²) in [4.78, 5) is 0. The number of benzene rings is 1. The van der Waals surface area contributed by atoms with Gasteiger partial charge < -0.3 is 5.32 Å². The van der Waals surface area contributed by atoms with E-state index in [4.69, 9.17) is 23.2 Å². The smallest absolute Gasteiger partial charge is 0.152 e. The van der Waals surface area contributed by atoms with Gasteiger partial charge in [0.15, 0.2) is 9.84 Å². The van der Waals surface area contributed by atoms with E-state index in [1.165, 1.54) is 0 Å². The first-order chi connectivity index (χ1) is 8.26. The molecule has 1 aromatic rings. The molecule has 102 valence electrons. The van der Waals surface area contributed by atoms with Crippen molar-refractivity contribution in [1.29, 1.82) is 0 Å².